The average Bonchev–Trinajstić information content (AvgIpc) is 3.00. The quantitative estimate of drug-likeness (QED) is 0.457. The van der Waals surface area contributed by atoms with E-state index in [2.05, 4.69) is 4.72 Å². The summed E-state index contributed by atoms with van der Waals surface area (Å²) in [7, 11) is -3.99. The summed E-state index contributed by atoms with van der Waals surface area (Å²) in [5.41, 5.74) is 0.781. The third-order valence-electron chi connectivity index (χ3n) is 4.50. The highest BCUT2D eigenvalue weighted by molar-refractivity contribution is 7.89. The van der Waals surface area contributed by atoms with Gasteiger partial charge in [0.1, 0.15) is 18.4 Å². The monoisotopic (exact) mass is 432 g/mol. The number of amides is 2. The van der Waals surface area contributed by atoms with E-state index in [1.165, 1.54) is 12.1 Å². The van der Waals surface area contributed by atoms with Gasteiger partial charge in [0.05, 0.1) is 17.9 Å². The van der Waals surface area contributed by atoms with Gasteiger partial charge in [-0.3, -0.25) is 14.4 Å². The minimum atomic E-state index is -3.99. The van der Waals surface area contributed by atoms with Crippen LogP contribution in [0.3, 0.4) is 0 Å². The SMILES string of the molecule is CCCCOc1ccc(S(=O)(=O)N[C@H]2CC(=O)N(OCc3ccccc3)C2=O)cc1. The summed E-state index contributed by atoms with van der Waals surface area (Å²) in [4.78, 5) is 29.9. The van der Waals surface area contributed by atoms with Gasteiger partial charge >= 0.3 is 0 Å². The highest BCUT2D eigenvalue weighted by Crippen LogP contribution is 2.20. The molecule has 2 aromatic carbocycles. The standard InChI is InChI=1S/C21H24N2O6S/c1-2-3-13-28-17-9-11-18(12-10-17)30(26,27)22-19-14-20(24)23(21(19)25)29-15-16-7-5-4-6-8-16/h4-12,19,22H,2-3,13-15H2,1H3/t19-/m0/s1. The number of hydrogen-bond acceptors (Lipinski definition) is 6. The molecule has 9 heteroatoms. The molecule has 2 amide bonds. The molecule has 1 aliphatic rings. The molecule has 0 radical (unpaired) electrons. The van der Waals surface area contributed by atoms with Crippen LogP contribution in [0.5, 0.6) is 5.75 Å². The molecule has 30 heavy (non-hydrogen) atoms. The molecule has 8 nitrogen and oxygen atoms in total. The van der Waals surface area contributed by atoms with Gasteiger partial charge in [-0.15, -0.1) is 0 Å². The van der Waals surface area contributed by atoms with E-state index in [4.69, 9.17) is 9.57 Å². The lowest BCUT2D eigenvalue weighted by molar-refractivity contribution is -0.191. The van der Waals surface area contributed by atoms with Crippen molar-refractivity contribution >= 4 is 21.8 Å². The number of nitrogens with one attached hydrogen (secondary N) is 1. The number of carbonyl (C=O) groups is 2. The number of nitrogens with zero attached hydrogens (tertiary/aromatic N) is 1. The number of carbonyl (C=O) groups excluding carboxylic acids is 2. The maximum atomic E-state index is 12.6. The average molecular weight is 432 g/mol. The molecule has 1 saturated heterocycles. The number of benzene rings is 2. The van der Waals surface area contributed by atoms with Crippen molar-refractivity contribution in [3.63, 3.8) is 0 Å². The molecule has 1 N–H and O–H groups in total. The molecule has 0 spiro atoms. The number of sulfonamides is 1. The van der Waals surface area contributed by atoms with Crippen LogP contribution in [-0.4, -0.2) is 37.9 Å². The summed E-state index contributed by atoms with van der Waals surface area (Å²) in [5.74, 6) is -0.766. The fourth-order valence-corrected chi connectivity index (χ4v) is 4.04. The molecule has 3 rings (SSSR count). The molecule has 160 valence electrons. The zero-order chi connectivity index (χ0) is 21.6. The van der Waals surface area contributed by atoms with E-state index >= 15 is 0 Å². The first-order valence-electron chi connectivity index (χ1n) is 9.69. The number of unbranched alkanes of at least 4 members (excludes halogenated alkanes) is 1. The molecule has 1 heterocycles. The second-order valence-corrected chi connectivity index (χ2v) is 8.55. The lowest BCUT2D eigenvalue weighted by Gasteiger charge is -2.15. The van der Waals surface area contributed by atoms with Gasteiger partial charge in [-0.25, -0.2) is 8.42 Å². The summed E-state index contributed by atoms with van der Waals surface area (Å²) in [6.45, 7) is 2.63. The van der Waals surface area contributed by atoms with Gasteiger partial charge in [0.25, 0.3) is 11.8 Å². The number of hydrogen-bond donors (Lipinski definition) is 1. The first-order valence-corrected chi connectivity index (χ1v) is 11.2. The zero-order valence-corrected chi connectivity index (χ0v) is 17.4. The predicted molar refractivity (Wildman–Crippen MR) is 109 cm³/mol. The Morgan fingerprint density at radius 1 is 1.07 bits per heavy atom. The molecular formula is C21H24N2O6S. The van der Waals surface area contributed by atoms with Gasteiger partial charge in [0.2, 0.25) is 10.0 Å². The highest BCUT2D eigenvalue weighted by atomic mass is 32.2. The van der Waals surface area contributed by atoms with Crippen LogP contribution in [0, 0.1) is 0 Å². The molecule has 0 saturated carbocycles. The van der Waals surface area contributed by atoms with Crippen molar-refractivity contribution in [2.75, 3.05) is 6.61 Å². The van der Waals surface area contributed by atoms with Crippen LogP contribution >= 0.6 is 0 Å². The van der Waals surface area contributed by atoms with Crippen LogP contribution in [0.15, 0.2) is 59.5 Å². The van der Waals surface area contributed by atoms with E-state index in [1.807, 2.05) is 25.1 Å². The Labute approximate surface area is 175 Å². The van der Waals surface area contributed by atoms with E-state index in [0.29, 0.717) is 17.4 Å². The van der Waals surface area contributed by atoms with Gasteiger partial charge in [0.15, 0.2) is 0 Å². The Bertz CT molecular complexity index is 976. The highest BCUT2D eigenvalue weighted by Gasteiger charge is 2.42. The Morgan fingerprint density at radius 3 is 2.43 bits per heavy atom. The van der Waals surface area contributed by atoms with Crippen LogP contribution in [0.2, 0.25) is 0 Å². The second kappa shape index (κ2) is 9.84. The van der Waals surface area contributed by atoms with Gasteiger partial charge in [-0.1, -0.05) is 43.7 Å². The summed E-state index contributed by atoms with van der Waals surface area (Å²) in [6, 6.07) is 13.7. The molecule has 0 unspecified atom stereocenters. The first kappa shape index (κ1) is 21.9. The number of hydroxylamine groups is 2. The Kier molecular flexibility index (Phi) is 7.20. The van der Waals surface area contributed by atoms with Crippen LogP contribution in [0.1, 0.15) is 31.7 Å². The van der Waals surface area contributed by atoms with E-state index in [-0.39, 0.29) is 17.9 Å². The number of imide groups is 1. The topological polar surface area (TPSA) is 102 Å². The van der Waals surface area contributed by atoms with Crippen molar-refractivity contribution in [3.8, 4) is 5.75 Å². The molecule has 1 atom stereocenters. The van der Waals surface area contributed by atoms with Crippen LogP contribution in [-0.2, 0) is 31.1 Å². The Hall–Kier alpha value is -2.75. The van der Waals surface area contributed by atoms with Gasteiger partial charge < -0.3 is 4.74 Å². The van der Waals surface area contributed by atoms with Gasteiger partial charge in [-0.2, -0.15) is 9.79 Å². The summed E-state index contributed by atoms with van der Waals surface area (Å²) in [6.07, 6.45) is 1.60. The summed E-state index contributed by atoms with van der Waals surface area (Å²) >= 11 is 0. The predicted octanol–water partition coefficient (Wildman–Crippen LogP) is 2.40. The van der Waals surface area contributed by atoms with Crippen molar-refractivity contribution in [2.24, 2.45) is 0 Å². The van der Waals surface area contributed by atoms with Crippen molar-refractivity contribution < 1.29 is 27.6 Å². The van der Waals surface area contributed by atoms with E-state index in [0.717, 1.165) is 18.4 Å². The van der Waals surface area contributed by atoms with Gasteiger partial charge in [0, 0.05) is 0 Å². The summed E-state index contributed by atoms with van der Waals surface area (Å²) in [5, 5.41) is 0.630. The fourth-order valence-electron chi connectivity index (χ4n) is 2.86. The van der Waals surface area contributed by atoms with Crippen LogP contribution in [0.25, 0.3) is 0 Å². The second-order valence-electron chi connectivity index (χ2n) is 6.84. The third kappa shape index (κ3) is 5.44. The van der Waals surface area contributed by atoms with E-state index in [9.17, 15) is 18.0 Å². The Balaban J connectivity index is 1.60. The first-order chi connectivity index (χ1) is 14.4. The molecule has 2 aromatic rings. The maximum Gasteiger partial charge on any atom is 0.272 e. The molecule has 0 aliphatic carbocycles. The molecule has 0 bridgehead atoms. The van der Waals surface area contributed by atoms with Gasteiger partial charge in [-0.05, 0) is 36.2 Å². The van der Waals surface area contributed by atoms with Crippen LogP contribution in [0.4, 0.5) is 0 Å². The lowest BCUT2D eigenvalue weighted by Crippen LogP contribution is -2.41. The minimum Gasteiger partial charge on any atom is -0.494 e. The fraction of sp³-hybridized carbons (Fsp3) is 0.333. The molecule has 0 aromatic heterocycles. The van der Waals surface area contributed by atoms with Crippen LogP contribution < -0.4 is 9.46 Å². The number of rotatable bonds is 10. The largest absolute Gasteiger partial charge is 0.494 e. The Morgan fingerprint density at radius 2 is 1.77 bits per heavy atom. The summed E-state index contributed by atoms with van der Waals surface area (Å²) < 4.78 is 33.1. The molecule has 1 aliphatic heterocycles. The smallest absolute Gasteiger partial charge is 0.272 e. The van der Waals surface area contributed by atoms with Crippen molar-refractivity contribution in [3.05, 3.63) is 60.2 Å². The normalized spacial score (nSPS) is 16.8. The zero-order valence-electron chi connectivity index (χ0n) is 16.6. The lowest BCUT2D eigenvalue weighted by atomic mass is 10.2. The minimum absolute atomic E-state index is 0.0192. The molecular weight excluding hydrogens is 408 g/mol. The third-order valence-corrected chi connectivity index (χ3v) is 5.99. The van der Waals surface area contributed by atoms with Crippen molar-refractivity contribution in [2.45, 2.75) is 43.7 Å². The van der Waals surface area contributed by atoms with Crippen molar-refractivity contribution in [1.82, 2.24) is 9.79 Å². The van der Waals surface area contributed by atoms with Crippen molar-refractivity contribution in [1.29, 1.82) is 0 Å². The van der Waals surface area contributed by atoms with E-state index < -0.39 is 27.9 Å². The number of ether oxygens (including phenoxy) is 1. The molecule has 1 fully saturated rings. The van der Waals surface area contributed by atoms with E-state index in [1.54, 1.807) is 24.3 Å². The maximum absolute atomic E-state index is 12.6.